The van der Waals surface area contributed by atoms with E-state index in [-0.39, 0.29) is 18.3 Å². The van der Waals surface area contributed by atoms with E-state index in [1.807, 2.05) is 0 Å². The maximum Gasteiger partial charge on any atom is 0.220 e. The summed E-state index contributed by atoms with van der Waals surface area (Å²) in [4.78, 5) is 11.6. The van der Waals surface area contributed by atoms with Crippen LogP contribution >= 0.6 is 12.4 Å². The first-order chi connectivity index (χ1) is 7.74. The van der Waals surface area contributed by atoms with Gasteiger partial charge in [0, 0.05) is 12.5 Å². The van der Waals surface area contributed by atoms with Gasteiger partial charge in [-0.15, -0.1) is 12.4 Å². The molecule has 17 heavy (non-hydrogen) atoms. The lowest BCUT2D eigenvalue weighted by atomic mass is 10.1. The van der Waals surface area contributed by atoms with E-state index in [1.165, 1.54) is 0 Å². The number of amides is 1. The van der Waals surface area contributed by atoms with Crippen LogP contribution < -0.4 is 11.1 Å². The largest absolute Gasteiger partial charge is 0.353 e. The zero-order chi connectivity index (χ0) is 12.2. The van der Waals surface area contributed by atoms with Crippen LogP contribution in [0.2, 0.25) is 0 Å². The molecule has 0 radical (unpaired) electrons. The molecule has 0 rings (SSSR count). The number of halogens is 1. The van der Waals surface area contributed by atoms with Gasteiger partial charge in [-0.05, 0) is 32.2 Å². The molecule has 3 nitrogen and oxygen atoms in total. The van der Waals surface area contributed by atoms with Gasteiger partial charge < -0.3 is 11.1 Å². The van der Waals surface area contributed by atoms with E-state index < -0.39 is 0 Å². The van der Waals surface area contributed by atoms with E-state index in [9.17, 15) is 4.79 Å². The van der Waals surface area contributed by atoms with Crippen molar-refractivity contribution in [1.82, 2.24) is 5.32 Å². The van der Waals surface area contributed by atoms with Gasteiger partial charge in [-0.2, -0.15) is 0 Å². The number of rotatable bonds is 10. The summed E-state index contributed by atoms with van der Waals surface area (Å²) in [6.45, 7) is 5.05. The molecule has 0 aliphatic carbocycles. The van der Waals surface area contributed by atoms with Crippen molar-refractivity contribution in [1.29, 1.82) is 0 Å². The molecule has 3 N–H and O–H groups in total. The van der Waals surface area contributed by atoms with E-state index in [0.717, 1.165) is 51.5 Å². The van der Waals surface area contributed by atoms with Gasteiger partial charge >= 0.3 is 0 Å². The van der Waals surface area contributed by atoms with Crippen molar-refractivity contribution in [3.8, 4) is 0 Å². The Bertz CT molecular complexity index is 177. The molecule has 1 atom stereocenters. The fourth-order valence-corrected chi connectivity index (χ4v) is 1.81. The summed E-state index contributed by atoms with van der Waals surface area (Å²) in [6.07, 6.45) is 8.27. The second-order valence-electron chi connectivity index (χ2n) is 4.41. The second kappa shape index (κ2) is 13.8. The minimum atomic E-state index is 0. The van der Waals surface area contributed by atoms with Crippen molar-refractivity contribution < 1.29 is 4.79 Å². The fraction of sp³-hybridized carbons (Fsp3) is 0.923. The highest BCUT2D eigenvalue weighted by Crippen LogP contribution is 2.05. The maximum atomic E-state index is 11.6. The molecule has 0 aromatic carbocycles. The molecule has 0 heterocycles. The molecule has 0 fully saturated rings. The van der Waals surface area contributed by atoms with Crippen molar-refractivity contribution >= 4 is 18.3 Å². The van der Waals surface area contributed by atoms with Crippen LogP contribution in [0.5, 0.6) is 0 Å². The van der Waals surface area contributed by atoms with Crippen LogP contribution in [0.1, 0.15) is 65.2 Å². The summed E-state index contributed by atoms with van der Waals surface area (Å²) in [5, 5.41) is 3.09. The highest BCUT2D eigenvalue weighted by molar-refractivity contribution is 5.85. The molecule has 0 saturated heterocycles. The zero-order valence-corrected chi connectivity index (χ0v) is 12.2. The molecule has 0 aromatic rings. The van der Waals surface area contributed by atoms with Gasteiger partial charge in [-0.1, -0.05) is 33.1 Å². The molecule has 0 aliphatic rings. The SMILES string of the molecule is CCCC(CC)NC(=O)CCCCCCN.Cl. The highest BCUT2D eigenvalue weighted by Gasteiger charge is 2.08. The zero-order valence-electron chi connectivity index (χ0n) is 11.3. The Hall–Kier alpha value is -0.280. The number of carbonyl (C=O) groups is 1. The number of hydrogen-bond donors (Lipinski definition) is 2. The highest BCUT2D eigenvalue weighted by atomic mass is 35.5. The molecular formula is C13H29ClN2O. The molecular weight excluding hydrogens is 236 g/mol. The quantitative estimate of drug-likeness (QED) is 0.596. The molecule has 1 unspecified atom stereocenters. The Morgan fingerprint density at radius 1 is 1.18 bits per heavy atom. The van der Waals surface area contributed by atoms with Gasteiger partial charge in [0.05, 0.1) is 0 Å². The number of unbranched alkanes of at least 4 members (excludes halogenated alkanes) is 3. The molecule has 4 heteroatoms. The summed E-state index contributed by atoms with van der Waals surface area (Å²) in [5.74, 6) is 0.216. The van der Waals surface area contributed by atoms with E-state index in [1.54, 1.807) is 0 Å². The summed E-state index contributed by atoms with van der Waals surface area (Å²) in [5.41, 5.74) is 5.41. The summed E-state index contributed by atoms with van der Waals surface area (Å²) in [7, 11) is 0. The average Bonchev–Trinajstić information content (AvgIpc) is 2.28. The predicted octanol–water partition coefficient (Wildman–Crippen LogP) is 3.01. The van der Waals surface area contributed by atoms with Crippen LogP contribution in [-0.4, -0.2) is 18.5 Å². The summed E-state index contributed by atoms with van der Waals surface area (Å²) in [6, 6.07) is 0.376. The smallest absolute Gasteiger partial charge is 0.220 e. The van der Waals surface area contributed by atoms with Crippen LogP contribution in [-0.2, 0) is 4.79 Å². The third-order valence-electron chi connectivity index (χ3n) is 2.85. The monoisotopic (exact) mass is 264 g/mol. The Balaban J connectivity index is 0. The van der Waals surface area contributed by atoms with Crippen LogP contribution in [0.25, 0.3) is 0 Å². The Morgan fingerprint density at radius 2 is 1.82 bits per heavy atom. The number of hydrogen-bond acceptors (Lipinski definition) is 2. The third kappa shape index (κ3) is 12.0. The van der Waals surface area contributed by atoms with Gasteiger partial charge in [0.1, 0.15) is 0 Å². The lowest BCUT2D eigenvalue weighted by molar-refractivity contribution is -0.122. The Kier molecular flexibility index (Phi) is 15.5. The van der Waals surface area contributed by atoms with Crippen LogP contribution in [0.3, 0.4) is 0 Å². The van der Waals surface area contributed by atoms with Crippen LogP contribution in [0.4, 0.5) is 0 Å². The second-order valence-corrected chi connectivity index (χ2v) is 4.41. The average molecular weight is 265 g/mol. The van der Waals surface area contributed by atoms with Crippen molar-refractivity contribution in [3.63, 3.8) is 0 Å². The summed E-state index contributed by atoms with van der Waals surface area (Å²) >= 11 is 0. The van der Waals surface area contributed by atoms with Crippen LogP contribution in [0, 0.1) is 0 Å². The van der Waals surface area contributed by atoms with Gasteiger partial charge in [-0.3, -0.25) is 4.79 Å². The lowest BCUT2D eigenvalue weighted by Crippen LogP contribution is -2.34. The van der Waals surface area contributed by atoms with Crippen LogP contribution in [0.15, 0.2) is 0 Å². The molecule has 1 amide bonds. The summed E-state index contributed by atoms with van der Waals surface area (Å²) < 4.78 is 0. The Morgan fingerprint density at radius 3 is 2.35 bits per heavy atom. The van der Waals surface area contributed by atoms with Crippen molar-refractivity contribution in [3.05, 3.63) is 0 Å². The van der Waals surface area contributed by atoms with Gasteiger partial charge in [-0.25, -0.2) is 0 Å². The van der Waals surface area contributed by atoms with Gasteiger partial charge in [0.25, 0.3) is 0 Å². The fourth-order valence-electron chi connectivity index (χ4n) is 1.81. The minimum absolute atomic E-state index is 0. The molecule has 104 valence electrons. The van der Waals surface area contributed by atoms with Gasteiger partial charge in [0.15, 0.2) is 0 Å². The number of carbonyl (C=O) groups excluding carboxylic acids is 1. The molecule has 0 aromatic heterocycles. The molecule has 0 bridgehead atoms. The first-order valence-electron chi connectivity index (χ1n) is 6.74. The first kappa shape index (κ1) is 19.1. The predicted molar refractivity (Wildman–Crippen MR) is 76.5 cm³/mol. The topological polar surface area (TPSA) is 55.1 Å². The maximum absolute atomic E-state index is 11.6. The minimum Gasteiger partial charge on any atom is -0.353 e. The van der Waals surface area contributed by atoms with Gasteiger partial charge in [0.2, 0.25) is 5.91 Å². The van der Waals surface area contributed by atoms with Crippen molar-refractivity contribution in [2.75, 3.05) is 6.54 Å². The molecule has 0 saturated carbocycles. The van der Waals surface area contributed by atoms with E-state index in [2.05, 4.69) is 19.2 Å². The first-order valence-corrected chi connectivity index (χ1v) is 6.74. The Labute approximate surface area is 112 Å². The molecule has 0 spiro atoms. The van der Waals surface area contributed by atoms with Crippen molar-refractivity contribution in [2.45, 2.75) is 71.3 Å². The van der Waals surface area contributed by atoms with E-state index in [4.69, 9.17) is 5.73 Å². The normalized spacial score (nSPS) is 11.7. The van der Waals surface area contributed by atoms with Crippen molar-refractivity contribution in [2.24, 2.45) is 5.73 Å². The molecule has 0 aliphatic heterocycles. The van der Waals surface area contributed by atoms with E-state index in [0.29, 0.717) is 12.5 Å². The standard InChI is InChI=1S/C13H28N2O.ClH/c1-3-9-12(4-2)15-13(16)10-7-5-6-8-11-14;/h12H,3-11,14H2,1-2H3,(H,15,16);1H. The third-order valence-corrected chi connectivity index (χ3v) is 2.85. The lowest BCUT2D eigenvalue weighted by Gasteiger charge is -2.15. The van der Waals surface area contributed by atoms with E-state index >= 15 is 0 Å². The number of nitrogens with one attached hydrogen (secondary N) is 1. The number of nitrogens with two attached hydrogens (primary N) is 1.